The molecule has 5 heteroatoms. The predicted molar refractivity (Wildman–Crippen MR) is 82.1 cm³/mol. The van der Waals surface area contributed by atoms with Gasteiger partial charge in [0, 0.05) is 13.5 Å². The van der Waals surface area contributed by atoms with E-state index in [4.69, 9.17) is 22.1 Å². The third kappa shape index (κ3) is 6.26. The van der Waals surface area contributed by atoms with Crippen LogP contribution in [0.4, 0.5) is 0 Å². The fraction of sp³-hybridized carbons (Fsp3) is 0.533. The average Bonchev–Trinajstić information content (AvgIpc) is 2.45. The lowest BCUT2D eigenvalue weighted by Crippen LogP contribution is -2.30. The molecule has 112 valence electrons. The Morgan fingerprint density at radius 2 is 2.05 bits per heavy atom. The van der Waals surface area contributed by atoms with E-state index in [2.05, 4.69) is 0 Å². The van der Waals surface area contributed by atoms with Gasteiger partial charge in [0.15, 0.2) is 0 Å². The Kier molecular flexibility index (Phi) is 8.07. The topological polar surface area (TPSA) is 55.6 Å². The number of ether oxygens (including phenoxy) is 1. The van der Waals surface area contributed by atoms with Gasteiger partial charge in [-0.25, -0.2) is 0 Å². The fourth-order valence-electron chi connectivity index (χ4n) is 1.77. The van der Waals surface area contributed by atoms with E-state index in [1.807, 2.05) is 18.2 Å². The highest BCUT2D eigenvalue weighted by molar-refractivity contribution is 6.32. The molecule has 0 heterocycles. The van der Waals surface area contributed by atoms with Crippen molar-refractivity contribution in [1.29, 1.82) is 0 Å². The third-order valence-corrected chi connectivity index (χ3v) is 3.35. The molecule has 0 spiro atoms. The molecule has 1 rings (SSSR count). The number of hydrogen-bond donors (Lipinski definition) is 1. The number of benzene rings is 1. The molecule has 0 fully saturated rings. The van der Waals surface area contributed by atoms with Crippen LogP contribution in [0.2, 0.25) is 5.02 Å². The zero-order valence-corrected chi connectivity index (χ0v) is 12.7. The first kappa shape index (κ1) is 16.8. The number of carbonyl (C=O) groups is 1. The maximum absolute atomic E-state index is 11.8. The van der Waals surface area contributed by atoms with Gasteiger partial charge in [-0.05, 0) is 31.5 Å². The van der Waals surface area contributed by atoms with Crippen LogP contribution in [-0.2, 0) is 4.79 Å². The molecule has 0 atom stereocenters. The Hall–Kier alpha value is -1.26. The van der Waals surface area contributed by atoms with Gasteiger partial charge in [0.05, 0.1) is 11.6 Å². The van der Waals surface area contributed by atoms with Gasteiger partial charge in [-0.2, -0.15) is 0 Å². The van der Waals surface area contributed by atoms with Gasteiger partial charge in [-0.1, -0.05) is 30.2 Å². The lowest BCUT2D eigenvalue weighted by atomic mass is 10.2. The summed E-state index contributed by atoms with van der Waals surface area (Å²) in [4.78, 5) is 13.5. The second-order valence-electron chi connectivity index (χ2n) is 4.69. The average molecular weight is 299 g/mol. The Morgan fingerprint density at radius 3 is 2.75 bits per heavy atom. The van der Waals surface area contributed by atoms with Gasteiger partial charge in [-0.3, -0.25) is 4.79 Å². The largest absolute Gasteiger partial charge is 0.490 e. The van der Waals surface area contributed by atoms with Crippen molar-refractivity contribution in [3.05, 3.63) is 29.3 Å². The Labute approximate surface area is 125 Å². The standard InChI is InChI=1S/C15H23ClN2O2/c1-18(15(19)9-3-2-6-10-17)11-12-20-14-8-5-4-7-13(14)16/h4-5,7-8H,2-3,6,9-12,17H2,1H3. The van der Waals surface area contributed by atoms with Crippen LogP contribution in [0.25, 0.3) is 0 Å². The van der Waals surface area contributed by atoms with Crippen molar-refractivity contribution in [3.8, 4) is 5.75 Å². The van der Waals surface area contributed by atoms with E-state index in [0.717, 1.165) is 19.3 Å². The summed E-state index contributed by atoms with van der Waals surface area (Å²) < 4.78 is 5.56. The Balaban J connectivity index is 2.20. The van der Waals surface area contributed by atoms with E-state index in [1.54, 1.807) is 18.0 Å². The van der Waals surface area contributed by atoms with Crippen LogP contribution >= 0.6 is 11.6 Å². The summed E-state index contributed by atoms with van der Waals surface area (Å²) in [6, 6.07) is 7.32. The molecule has 0 aliphatic carbocycles. The molecule has 0 saturated heterocycles. The van der Waals surface area contributed by atoms with Crippen LogP contribution in [0.5, 0.6) is 5.75 Å². The van der Waals surface area contributed by atoms with Crippen LogP contribution in [0, 0.1) is 0 Å². The molecule has 0 aliphatic heterocycles. The van der Waals surface area contributed by atoms with E-state index in [9.17, 15) is 4.79 Å². The number of likely N-dealkylation sites (N-methyl/N-ethyl adjacent to an activating group) is 1. The molecule has 1 amide bonds. The van der Waals surface area contributed by atoms with Gasteiger partial charge in [-0.15, -0.1) is 0 Å². The maximum atomic E-state index is 11.8. The van der Waals surface area contributed by atoms with Gasteiger partial charge in [0.25, 0.3) is 0 Å². The van der Waals surface area contributed by atoms with Crippen LogP contribution in [0.3, 0.4) is 0 Å². The van der Waals surface area contributed by atoms with Gasteiger partial charge in [0.2, 0.25) is 5.91 Å². The molecule has 2 N–H and O–H groups in total. The number of hydrogen-bond acceptors (Lipinski definition) is 3. The summed E-state index contributed by atoms with van der Waals surface area (Å²) in [6.07, 6.45) is 3.45. The van der Waals surface area contributed by atoms with Crippen molar-refractivity contribution in [1.82, 2.24) is 4.90 Å². The lowest BCUT2D eigenvalue weighted by molar-refractivity contribution is -0.130. The zero-order chi connectivity index (χ0) is 14.8. The molecular weight excluding hydrogens is 276 g/mol. The highest BCUT2D eigenvalue weighted by Gasteiger charge is 2.08. The molecule has 0 aliphatic rings. The van der Waals surface area contributed by atoms with Crippen molar-refractivity contribution in [2.45, 2.75) is 25.7 Å². The molecule has 0 saturated carbocycles. The number of carbonyl (C=O) groups excluding carboxylic acids is 1. The first-order valence-corrected chi connectivity index (χ1v) is 7.34. The van der Waals surface area contributed by atoms with E-state index in [-0.39, 0.29) is 5.91 Å². The first-order valence-electron chi connectivity index (χ1n) is 6.96. The van der Waals surface area contributed by atoms with E-state index < -0.39 is 0 Å². The highest BCUT2D eigenvalue weighted by Crippen LogP contribution is 2.22. The summed E-state index contributed by atoms with van der Waals surface area (Å²) in [6.45, 7) is 1.69. The summed E-state index contributed by atoms with van der Waals surface area (Å²) in [5.41, 5.74) is 5.42. The lowest BCUT2D eigenvalue weighted by Gasteiger charge is -2.17. The summed E-state index contributed by atoms with van der Waals surface area (Å²) in [5, 5.41) is 0.586. The van der Waals surface area contributed by atoms with Crippen LogP contribution in [0.1, 0.15) is 25.7 Å². The SMILES string of the molecule is CN(CCOc1ccccc1Cl)C(=O)CCCCCN. The monoisotopic (exact) mass is 298 g/mol. The van der Waals surface area contributed by atoms with Gasteiger partial charge >= 0.3 is 0 Å². The smallest absolute Gasteiger partial charge is 0.222 e. The molecule has 1 aromatic rings. The number of halogens is 1. The minimum Gasteiger partial charge on any atom is -0.490 e. The number of unbranched alkanes of at least 4 members (excludes halogenated alkanes) is 2. The van der Waals surface area contributed by atoms with Gasteiger partial charge in [0.1, 0.15) is 12.4 Å². The van der Waals surface area contributed by atoms with Crippen molar-refractivity contribution in [3.63, 3.8) is 0 Å². The number of nitrogens with two attached hydrogens (primary N) is 1. The zero-order valence-electron chi connectivity index (χ0n) is 12.0. The van der Waals surface area contributed by atoms with Crippen molar-refractivity contribution < 1.29 is 9.53 Å². The van der Waals surface area contributed by atoms with Gasteiger partial charge < -0.3 is 15.4 Å². The van der Waals surface area contributed by atoms with Crippen LogP contribution in [-0.4, -0.2) is 37.6 Å². The molecule has 20 heavy (non-hydrogen) atoms. The molecule has 0 radical (unpaired) electrons. The number of amides is 1. The third-order valence-electron chi connectivity index (χ3n) is 3.04. The van der Waals surface area contributed by atoms with Crippen molar-refractivity contribution in [2.75, 3.05) is 26.7 Å². The molecule has 0 bridgehead atoms. The van der Waals surface area contributed by atoms with Crippen LogP contribution < -0.4 is 10.5 Å². The minimum absolute atomic E-state index is 0.143. The Bertz CT molecular complexity index is 413. The van der Waals surface area contributed by atoms with Crippen molar-refractivity contribution >= 4 is 17.5 Å². The van der Waals surface area contributed by atoms with E-state index in [1.165, 1.54) is 0 Å². The minimum atomic E-state index is 0.143. The Morgan fingerprint density at radius 1 is 1.30 bits per heavy atom. The number of nitrogens with zero attached hydrogens (tertiary/aromatic N) is 1. The summed E-state index contributed by atoms with van der Waals surface area (Å²) in [5.74, 6) is 0.794. The number of rotatable bonds is 9. The second kappa shape index (κ2) is 9.61. The normalized spacial score (nSPS) is 10.3. The molecule has 1 aromatic carbocycles. The summed E-state index contributed by atoms with van der Waals surface area (Å²) >= 11 is 5.98. The molecule has 0 unspecified atom stereocenters. The molecular formula is C15H23ClN2O2. The van der Waals surface area contributed by atoms with E-state index >= 15 is 0 Å². The summed E-state index contributed by atoms with van der Waals surface area (Å²) in [7, 11) is 1.79. The predicted octanol–water partition coefficient (Wildman–Crippen LogP) is 2.70. The number of para-hydroxylation sites is 1. The van der Waals surface area contributed by atoms with Crippen molar-refractivity contribution in [2.24, 2.45) is 5.73 Å². The molecule has 0 aromatic heterocycles. The maximum Gasteiger partial charge on any atom is 0.222 e. The first-order chi connectivity index (χ1) is 9.65. The quantitative estimate of drug-likeness (QED) is 0.713. The highest BCUT2D eigenvalue weighted by atomic mass is 35.5. The second-order valence-corrected chi connectivity index (χ2v) is 5.10. The van der Waals surface area contributed by atoms with E-state index in [0.29, 0.717) is 36.9 Å². The van der Waals surface area contributed by atoms with Crippen LogP contribution in [0.15, 0.2) is 24.3 Å². The fourth-order valence-corrected chi connectivity index (χ4v) is 1.96. The molecule has 4 nitrogen and oxygen atoms in total.